The van der Waals surface area contributed by atoms with Gasteiger partial charge in [0.15, 0.2) is 0 Å². The monoisotopic (exact) mass is 302 g/mol. The summed E-state index contributed by atoms with van der Waals surface area (Å²) in [5, 5.41) is 6.48. The van der Waals surface area contributed by atoms with Gasteiger partial charge in [-0.05, 0) is 23.6 Å². The number of benzene rings is 2. The van der Waals surface area contributed by atoms with Crippen LogP contribution in [0.25, 0.3) is 0 Å². The predicted molar refractivity (Wildman–Crippen MR) is 86.3 cm³/mol. The average Bonchev–Trinajstić information content (AvgIpc) is 2.52. The van der Waals surface area contributed by atoms with E-state index in [4.69, 9.17) is 11.6 Å². The average molecular weight is 303 g/mol. The molecule has 0 aliphatic heterocycles. The van der Waals surface area contributed by atoms with Gasteiger partial charge in [-0.3, -0.25) is 0 Å². The second kappa shape index (κ2) is 7.70. The molecule has 2 aromatic carbocycles. The largest absolute Gasteiger partial charge is 0.334 e. The number of nitrogens with one attached hydrogen (secondary N) is 2. The summed E-state index contributed by atoms with van der Waals surface area (Å²) in [6.07, 6.45) is 0.837. The van der Waals surface area contributed by atoms with Gasteiger partial charge in [-0.15, -0.1) is 0 Å². The number of hydrogen-bond donors (Lipinski definition) is 2. The smallest absolute Gasteiger partial charge is 0.315 e. The Hall–Kier alpha value is -2.00. The second-order valence-electron chi connectivity index (χ2n) is 4.79. The van der Waals surface area contributed by atoms with Crippen molar-refractivity contribution in [2.45, 2.75) is 25.9 Å². The summed E-state index contributed by atoms with van der Waals surface area (Å²) in [6, 6.07) is 17.3. The number of amides is 2. The quantitative estimate of drug-likeness (QED) is 0.850. The molecular weight excluding hydrogens is 284 g/mol. The highest BCUT2D eigenvalue weighted by Crippen LogP contribution is 2.16. The van der Waals surface area contributed by atoms with Crippen molar-refractivity contribution in [1.29, 1.82) is 0 Å². The molecule has 1 unspecified atom stereocenters. The third-order valence-electron chi connectivity index (χ3n) is 3.31. The summed E-state index contributed by atoms with van der Waals surface area (Å²) in [5.41, 5.74) is 2.01. The zero-order valence-electron chi connectivity index (χ0n) is 12.0. The minimum absolute atomic E-state index is 0.0115. The summed E-state index contributed by atoms with van der Waals surface area (Å²) in [5.74, 6) is 0. The maximum atomic E-state index is 12.0. The molecule has 0 spiro atoms. The molecule has 2 rings (SSSR count). The molecular formula is C17H19ClN2O. The van der Waals surface area contributed by atoms with E-state index in [1.807, 2.05) is 61.5 Å². The first-order valence-corrected chi connectivity index (χ1v) is 7.41. The Morgan fingerprint density at radius 3 is 2.43 bits per heavy atom. The van der Waals surface area contributed by atoms with E-state index in [0.29, 0.717) is 11.6 Å². The van der Waals surface area contributed by atoms with Gasteiger partial charge in [-0.25, -0.2) is 4.79 Å². The van der Waals surface area contributed by atoms with E-state index in [1.165, 1.54) is 0 Å². The van der Waals surface area contributed by atoms with Crippen molar-refractivity contribution in [3.05, 3.63) is 70.7 Å². The highest BCUT2D eigenvalue weighted by molar-refractivity contribution is 6.31. The van der Waals surface area contributed by atoms with Gasteiger partial charge < -0.3 is 10.6 Å². The normalized spacial score (nSPS) is 11.7. The molecule has 0 fully saturated rings. The van der Waals surface area contributed by atoms with E-state index in [1.54, 1.807) is 0 Å². The molecule has 2 aromatic rings. The lowest BCUT2D eigenvalue weighted by Gasteiger charge is -2.18. The fourth-order valence-corrected chi connectivity index (χ4v) is 2.34. The van der Waals surface area contributed by atoms with Crippen LogP contribution in [-0.4, -0.2) is 6.03 Å². The van der Waals surface area contributed by atoms with Crippen molar-refractivity contribution in [2.75, 3.05) is 0 Å². The van der Waals surface area contributed by atoms with Crippen molar-refractivity contribution < 1.29 is 4.79 Å². The molecule has 110 valence electrons. The molecule has 0 heterocycles. The van der Waals surface area contributed by atoms with Gasteiger partial charge in [0.2, 0.25) is 0 Å². The molecule has 1 atom stereocenters. The first-order valence-electron chi connectivity index (χ1n) is 7.03. The summed E-state index contributed by atoms with van der Waals surface area (Å²) >= 11 is 6.06. The highest BCUT2D eigenvalue weighted by atomic mass is 35.5. The van der Waals surface area contributed by atoms with Crippen LogP contribution in [-0.2, 0) is 6.54 Å². The second-order valence-corrected chi connectivity index (χ2v) is 5.20. The lowest BCUT2D eigenvalue weighted by Crippen LogP contribution is -2.37. The Kier molecular flexibility index (Phi) is 5.64. The molecule has 21 heavy (non-hydrogen) atoms. The Morgan fingerprint density at radius 2 is 1.76 bits per heavy atom. The van der Waals surface area contributed by atoms with E-state index in [2.05, 4.69) is 10.6 Å². The molecule has 4 heteroatoms. The number of carbonyl (C=O) groups is 1. The number of carbonyl (C=O) groups excluding carboxylic acids is 1. The van der Waals surface area contributed by atoms with Gasteiger partial charge in [0.05, 0.1) is 6.04 Å². The van der Waals surface area contributed by atoms with Crippen LogP contribution < -0.4 is 10.6 Å². The summed E-state index contributed by atoms with van der Waals surface area (Å²) in [6.45, 7) is 2.46. The highest BCUT2D eigenvalue weighted by Gasteiger charge is 2.12. The van der Waals surface area contributed by atoms with Crippen molar-refractivity contribution in [2.24, 2.45) is 0 Å². The van der Waals surface area contributed by atoms with Crippen molar-refractivity contribution in [3.8, 4) is 0 Å². The van der Waals surface area contributed by atoms with Gasteiger partial charge in [-0.2, -0.15) is 0 Å². The maximum Gasteiger partial charge on any atom is 0.315 e. The number of rotatable bonds is 5. The molecule has 0 radical (unpaired) electrons. The lowest BCUT2D eigenvalue weighted by molar-refractivity contribution is 0.236. The molecule has 0 saturated heterocycles. The summed E-state index contributed by atoms with van der Waals surface area (Å²) in [4.78, 5) is 12.0. The Labute approximate surface area is 130 Å². The minimum Gasteiger partial charge on any atom is -0.334 e. The van der Waals surface area contributed by atoms with Crippen molar-refractivity contribution in [1.82, 2.24) is 10.6 Å². The minimum atomic E-state index is -0.189. The van der Waals surface area contributed by atoms with Crippen LogP contribution >= 0.6 is 11.6 Å². The molecule has 0 aromatic heterocycles. The molecule has 0 bridgehead atoms. The van der Waals surface area contributed by atoms with E-state index < -0.39 is 0 Å². The number of halogens is 1. The third-order valence-corrected chi connectivity index (χ3v) is 3.68. The van der Waals surface area contributed by atoms with Crippen molar-refractivity contribution in [3.63, 3.8) is 0 Å². The summed E-state index contributed by atoms with van der Waals surface area (Å²) < 4.78 is 0. The standard InChI is InChI=1S/C17H19ClN2O/c1-2-16(13-8-4-3-5-9-13)20-17(21)19-12-14-10-6-7-11-15(14)18/h3-11,16H,2,12H2,1H3,(H2,19,20,21). The molecule has 3 nitrogen and oxygen atoms in total. The predicted octanol–water partition coefficient (Wildman–Crippen LogP) is 4.29. The van der Waals surface area contributed by atoms with Crippen LogP contribution in [0.5, 0.6) is 0 Å². The molecule has 0 aliphatic rings. The fourth-order valence-electron chi connectivity index (χ4n) is 2.13. The lowest BCUT2D eigenvalue weighted by atomic mass is 10.1. The van der Waals surface area contributed by atoms with E-state index in [0.717, 1.165) is 17.5 Å². The van der Waals surface area contributed by atoms with Gasteiger partial charge in [-0.1, -0.05) is 67.1 Å². The van der Waals surface area contributed by atoms with Gasteiger partial charge in [0.25, 0.3) is 0 Å². The molecule has 2 amide bonds. The third kappa shape index (κ3) is 4.50. The van der Waals surface area contributed by atoms with Crippen LogP contribution in [0, 0.1) is 0 Å². The van der Waals surface area contributed by atoms with Crippen LogP contribution in [0.2, 0.25) is 5.02 Å². The fraction of sp³-hybridized carbons (Fsp3) is 0.235. The van der Waals surface area contributed by atoms with Crippen molar-refractivity contribution >= 4 is 17.6 Å². The zero-order valence-corrected chi connectivity index (χ0v) is 12.7. The Bertz CT molecular complexity index is 586. The Morgan fingerprint density at radius 1 is 1.10 bits per heavy atom. The SMILES string of the molecule is CCC(NC(=O)NCc1ccccc1Cl)c1ccccc1. The van der Waals surface area contributed by atoms with Crippen LogP contribution in [0.3, 0.4) is 0 Å². The topological polar surface area (TPSA) is 41.1 Å². The van der Waals surface area contributed by atoms with Crippen LogP contribution in [0.15, 0.2) is 54.6 Å². The molecule has 0 saturated carbocycles. The maximum absolute atomic E-state index is 12.0. The van der Waals surface area contributed by atoms with Crippen LogP contribution in [0.4, 0.5) is 4.79 Å². The van der Waals surface area contributed by atoms with E-state index in [9.17, 15) is 4.79 Å². The number of urea groups is 1. The first-order chi connectivity index (χ1) is 10.2. The van der Waals surface area contributed by atoms with E-state index in [-0.39, 0.29) is 12.1 Å². The Balaban J connectivity index is 1.90. The van der Waals surface area contributed by atoms with Crippen LogP contribution in [0.1, 0.15) is 30.5 Å². The van der Waals surface area contributed by atoms with Gasteiger partial charge in [0, 0.05) is 11.6 Å². The van der Waals surface area contributed by atoms with E-state index >= 15 is 0 Å². The first kappa shape index (κ1) is 15.4. The molecule has 2 N–H and O–H groups in total. The van der Waals surface area contributed by atoms with Gasteiger partial charge in [0.1, 0.15) is 0 Å². The zero-order chi connectivity index (χ0) is 15.1. The molecule has 0 aliphatic carbocycles. The van der Waals surface area contributed by atoms with Gasteiger partial charge >= 0.3 is 6.03 Å². The number of hydrogen-bond acceptors (Lipinski definition) is 1. The summed E-state index contributed by atoms with van der Waals surface area (Å²) in [7, 11) is 0.